The Bertz CT molecular complexity index is 1530. The van der Waals surface area contributed by atoms with E-state index >= 15 is 0 Å². The molecule has 3 aromatic rings. The van der Waals surface area contributed by atoms with Crippen molar-refractivity contribution >= 4 is 22.1 Å². The van der Waals surface area contributed by atoms with Crippen molar-refractivity contribution in [2.24, 2.45) is 0 Å². The monoisotopic (exact) mass is 563 g/mol. The summed E-state index contributed by atoms with van der Waals surface area (Å²) in [6.07, 6.45) is 8.93. The Hall–Kier alpha value is -3.41. The van der Waals surface area contributed by atoms with E-state index < -0.39 is 10.3 Å². The van der Waals surface area contributed by atoms with Gasteiger partial charge in [-0.05, 0) is 88.1 Å². The molecule has 6 rings (SSSR count). The number of carbonyl (C=O) groups excluding carboxylic acids is 2. The second kappa shape index (κ2) is 10.9. The van der Waals surface area contributed by atoms with Crippen LogP contribution in [-0.4, -0.2) is 61.6 Å². The lowest BCUT2D eigenvalue weighted by Gasteiger charge is -2.35. The van der Waals surface area contributed by atoms with Crippen LogP contribution in [0.1, 0.15) is 93.8 Å². The van der Waals surface area contributed by atoms with Gasteiger partial charge in [-0.3, -0.25) is 28.9 Å². The third-order valence-corrected chi connectivity index (χ3v) is 9.18. The fraction of sp³-hybridized carbons (Fsp3) is 0.448. The topological polar surface area (TPSA) is 126 Å². The Morgan fingerprint density at radius 3 is 2.45 bits per heavy atom. The standard InChI is InChI=1S/C29H33N5O5S/c35-28-21-11-1-2-12-22(21)29(36)33(28)18-6-5-17-32(25-15-7-9-20-10-8-16-30-27(20)25)19-26-31-23-13-3-4-14-24(23)34(26)40(37,38)39/h1-2,8,10-12,16,25H,3-7,9,13-15,17-19H2,(H,37,38,39). The van der Waals surface area contributed by atoms with Crippen LogP contribution in [0, 0.1) is 0 Å². The van der Waals surface area contributed by atoms with E-state index in [-0.39, 0.29) is 24.4 Å². The summed E-state index contributed by atoms with van der Waals surface area (Å²) >= 11 is 0. The maximum atomic E-state index is 12.8. The van der Waals surface area contributed by atoms with E-state index in [4.69, 9.17) is 9.97 Å². The zero-order chi connectivity index (χ0) is 27.9. The largest absolute Gasteiger partial charge is 0.365 e. The summed E-state index contributed by atoms with van der Waals surface area (Å²) in [4.78, 5) is 38.5. The smallest absolute Gasteiger partial charge is 0.287 e. The zero-order valence-corrected chi connectivity index (χ0v) is 23.1. The molecule has 0 fully saturated rings. The molecule has 1 unspecified atom stereocenters. The molecule has 1 N–H and O–H groups in total. The lowest BCUT2D eigenvalue weighted by molar-refractivity contribution is 0.0648. The zero-order valence-electron chi connectivity index (χ0n) is 22.3. The summed E-state index contributed by atoms with van der Waals surface area (Å²) in [6, 6.07) is 10.9. The Labute approximate surface area is 233 Å². The SMILES string of the molecule is O=C1c2ccccc2C(=O)N1CCCCN(Cc1nc2c(n1S(=O)(=O)O)CCCC2)C1CCCc2cccnc21. The van der Waals surface area contributed by atoms with Gasteiger partial charge in [0, 0.05) is 12.7 Å². The summed E-state index contributed by atoms with van der Waals surface area (Å²) in [5.74, 6) is -0.204. The van der Waals surface area contributed by atoms with Crippen LogP contribution in [0.5, 0.6) is 0 Å². The summed E-state index contributed by atoms with van der Waals surface area (Å²) in [5.41, 5.74) is 4.39. The Kier molecular flexibility index (Phi) is 7.28. The molecule has 0 spiro atoms. The van der Waals surface area contributed by atoms with Gasteiger partial charge in [-0.15, -0.1) is 0 Å². The van der Waals surface area contributed by atoms with Crippen molar-refractivity contribution in [3.8, 4) is 0 Å². The van der Waals surface area contributed by atoms with Crippen molar-refractivity contribution in [2.75, 3.05) is 13.1 Å². The number of hydrogen-bond acceptors (Lipinski definition) is 7. The minimum atomic E-state index is -4.51. The van der Waals surface area contributed by atoms with Gasteiger partial charge in [0.15, 0.2) is 0 Å². The van der Waals surface area contributed by atoms with Crippen molar-refractivity contribution in [1.29, 1.82) is 0 Å². The molecule has 0 saturated carbocycles. The van der Waals surface area contributed by atoms with Gasteiger partial charge in [-0.2, -0.15) is 8.42 Å². The molecule has 2 aliphatic carbocycles. The van der Waals surface area contributed by atoms with Gasteiger partial charge in [-0.25, -0.2) is 8.96 Å². The van der Waals surface area contributed by atoms with Crippen molar-refractivity contribution in [3.63, 3.8) is 0 Å². The minimum Gasteiger partial charge on any atom is -0.287 e. The van der Waals surface area contributed by atoms with E-state index in [0.717, 1.165) is 47.5 Å². The molecule has 1 aliphatic heterocycles. The second-order valence-corrected chi connectivity index (χ2v) is 12.1. The maximum Gasteiger partial charge on any atom is 0.365 e. The summed E-state index contributed by atoms with van der Waals surface area (Å²) < 4.78 is 36.2. The molecule has 1 aromatic carbocycles. The number of carbonyl (C=O) groups is 2. The van der Waals surface area contributed by atoms with Gasteiger partial charge >= 0.3 is 10.3 Å². The fourth-order valence-corrected chi connectivity index (χ4v) is 7.28. The number of aryl methyl sites for hydroxylation is 2. The average molecular weight is 564 g/mol. The number of benzene rings is 1. The van der Waals surface area contributed by atoms with E-state index in [0.29, 0.717) is 61.4 Å². The van der Waals surface area contributed by atoms with E-state index in [1.54, 1.807) is 30.5 Å². The lowest BCUT2D eigenvalue weighted by Crippen LogP contribution is -2.35. The first kappa shape index (κ1) is 26.8. The number of amides is 2. The molecule has 3 heterocycles. The molecule has 0 radical (unpaired) electrons. The number of fused-ring (bicyclic) bond motifs is 3. The molecule has 40 heavy (non-hydrogen) atoms. The van der Waals surface area contributed by atoms with E-state index in [1.807, 2.05) is 6.07 Å². The first-order valence-electron chi connectivity index (χ1n) is 14.0. The molecule has 2 aromatic heterocycles. The van der Waals surface area contributed by atoms with Gasteiger partial charge in [-0.1, -0.05) is 18.2 Å². The fourth-order valence-electron chi connectivity index (χ4n) is 6.44. The van der Waals surface area contributed by atoms with E-state index in [1.165, 1.54) is 10.5 Å². The molecule has 1 atom stereocenters. The predicted octanol–water partition coefficient (Wildman–Crippen LogP) is 3.76. The molecular weight excluding hydrogens is 530 g/mol. The predicted molar refractivity (Wildman–Crippen MR) is 147 cm³/mol. The maximum absolute atomic E-state index is 12.8. The van der Waals surface area contributed by atoms with Crippen molar-refractivity contribution in [3.05, 3.63) is 82.2 Å². The Morgan fingerprint density at radius 1 is 0.950 bits per heavy atom. The number of nitrogens with zero attached hydrogens (tertiary/aromatic N) is 5. The average Bonchev–Trinajstić information content (AvgIpc) is 3.45. The second-order valence-electron chi connectivity index (χ2n) is 10.8. The molecule has 3 aliphatic rings. The summed E-state index contributed by atoms with van der Waals surface area (Å²) in [5, 5.41) is 0. The Balaban J connectivity index is 1.23. The normalized spacial score (nSPS) is 18.6. The van der Waals surface area contributed by atoms with Crippen LogP contribution >= 0.6 is 0 Å². The van der Waals surface area contributed by atoms with Crippen LogP contribution < -0.4 is 0 Å². The number of imide groups is 1. The highest BCUT2D eigenvalue weighted by Gasteiger charge is 2.35. The minimum absolute atomic E-state index is 0.0344. The quantitative estimate of drug-likeness (QED) is 0.237. The first-order chi connectivity index (χ1) is 19.3. The van der Waals surface area contributed by atoms with Crippen molar-refractivity contribution in [1.82, 2.24) is 23.7 Å². The third-order valence-electron chi connectivity index (χ3n) is 8.29. The summed E-state index contributed by atoms with van der Waals surface area (Å²) in [6.45, 7) is 1.14. The Morgan fingerprint density at radius 2 is 1.70 bits per heavy atom. The molecule has 2 amide bonds. The van der Waals surface area contributed by atoms with Crippen molar-refractivity contribution in [2.45, 2.75) is 70.4 Å². The van der Waals surface area contributed by atoms with Gasteiger partial charge in [0.2, 0.25) is 0 Å². The first-order valence-corrected chi connectivity index (χ1v) is 15.4. The number of unbranched alkanes of at least 4 members (excludes halogenated alkanes) is 1. The van der Waals surface area contributed by atoms with E-state index in [2.05, 4.69) is 11.0 Å². The number of hydrogen-bond donors (Lipinski definition) is 1. The van der Waals surface area contributed by atoms with Crippen LogP contribution in [0.2, 0.25) is 0 Å². The van der Waals surface area contributed by atoms with Crippen molar-refractivity contribution < 1.29 is 22.6 Å². The van der Waals surface area contributed by atoms with Gasteiger partial charge < -0.3 is 0 Å². The molecule has 0 saturated heterocycles. The lowest BCUT2D eigenvalue weighted by atomic mass is 9.90. The highest BCUT2D eigenvalue weighted by atomic mass is 32.2. The van der Waals surface area contributed by atoms with Crippen LogP contribution in [-0.2, 0) is 36.1 Å². The molecule has 0 bridgehead atoms. The van der Waals surface area contributed by atoms with Crippen LogP contribution in [0.4, 0.5) is 0 Å². The number of pyridine rings is 1. The van der Waals surface area contributed by atoms with Gasteiger partial charge in [0.1, 0.15) is 5.82 Å². The van der Waals surface area contributed by atoms with Gasteiger partial charge in [0.25, 0.3) is 11.8 Å². The van der Waals surface area contributed by atoms with Gasteiger partial charge in [0.05, 0.1) is 40.8 Å². The van der Waals surface area contributed by atoms with Crippen LogP contribution in [0.3, 0.4) is 0 Å². The highest BCUT2D eigenvalue weighted by Crippen LogP contribution is 2.35. The number of imidazole rings is 1. The van der Waals surface area contributed by atoms with Crippen LogP contribution in [0.15, 0.2) is 42.6 Å². The number of aromatic nitrogens is 3. The number of rotatable bonds is 9. The molecular formula is C29H33N5O5S. The summed E-state index contributed by atoms with van der Waals surface area (Å²) in [7, 11) is -4.51. The van der Waals surface area contributed by atoms with Crippen LogP contribution in [0.25, 0.3) is 0 Å². The van der Waals surface area contributed by atoms with E-state index in [9.17, 15) is 22.6 Å². The molecule has 210 valence electrons. The molecule has 10 nitrogen and oxygen atoms in total. The third kappa shape index (κ3) is 4.97. The highest BCUT2D eigenvalue weighted by molar-refractivity contribution is 7.84. The molecule has 11 heteroatoms.